The molecule has 3 nitrogen and oxygen atoms in total. The van der Waals surface area contributed by atoms with Gasteiger partial charge in [-0.25, -0.2) is 4.39 Å². The van der Waals surface area contributed by atoms with Crippen LogP contribution in [0, 0.1) is 5.82 Å². The molecule has 0 saturated carbocycles. The summed E-state index contributed by atoms with van der Waals surface area (Å²) in [6.45, 7) is 5.40. The Bertz CT molecular complexity index is 710. The lowest BCUT2D eigenvalue weighted by molar-refractivity contribution is 0.102. The van der Waals surface area contributed by atoms with E-state index in [9.17, 15) is 9.18 Å². The molecule has 0 aromatic heterocycles. The Balaban J connectivity index is 1.88. The van der Waals surface area contributed by atoms with Crippen LogP contribution < -0.4 is 10.2 Å². The minimum Gasteiger partial charge on any atom is -0.369 e. The Morgan fingerprint density at radius 2 is 1.91 bits per heavy atom. The summed E-state index contributed by atoms with van der Waals surface area (Å²) in [5.74, 6) is -0.550. The van der Waals surface area contributed by atoms with Gasteiger partial charge in [0.25, 0.3) is 5.91 Å². The van der Waals surface area contributed by atoms with Crippen molar-refractivity contribution in [3.05, 3.63) is 59.4 Å². The highest BCUT2D eigenvalue weighted by atomic mass is 19.1. The van der Waals surface area contributed by atoms with Crippen LogP contribution in [0.15, 0.2) is 42.5 Å². The number of carbonyl (C=O) groups is 1. The number of fused-ring (bicyclic) bond motifs is 1. The molecule has 0 saturated heterocycles. The molecule has 1 heterocycles. The highest BCUT2D eigenvalue weighted by molar-refractivity contribution is 6.05. The van der Waals surface area contributed by atoms with Crippen molar-refractivity contribution in [1.82, 2.24) is 0 Å². The van der Waals surface area contributed by atoms with Crippen LogP contribution in [0.5, 0.6) is 0 Å². The summed E-state index contributed by atoms with van der Waals surface area (Å²) in [5.41, 5.74) is 3.69. The van der Waals surface area contributed by atoms with Gasteiger partial charge in [-0.2, -0.15) is 0 Å². The monoisotopic (exact) mass is 312 g/mol. The first-order chi connectivity index (χ1) is 11.1. The highest BCUT2D eigenvalue weighted by Gasteiger charge is 2.22. The number of halogens is 1. The normalized spacial score (nSPS) is 13.8. The second-order valence-electron chi connectivity index (χ2n) is 6.15. The van der Waals surface area contributed by atoms with Gasteiger partial charge in [0.15, 0.2) is 0 Å². The van der Waals surface area contributed by atoms with Crippen LogP contribution in [0.4, 0.5) is 15.8 Å². The van der Waals surface area contributed by atoms with Crippen molar-refractivity contribution >= 4 is 17.3 Å². The van der Waals surface area contributed by atoms with E-state index in [1.807, 2.05) is 12.1 Å². The van der Waals surface area contributed by atoms with Gasteiger partial charge >= 0.3 is 0 Å². The van der Waals surface area contributed by atoms with E-state index < -0.39 is 0 Å². The molecule has 0 radical (unpaired) electrons. The molecular weight excluding hydrogens is 291 g/mol. The summed E-state index contributed by atoms with van der Waals surface area (Å²) in [7, 11) is 0. The number of nitrogens with zero attached hydrogens (tertiary/aromatic N) is 1. The number of carbonyl (C=O) groups excluding carboxylic acids is 1. The van der Waals surface area contributed by atoms with Crippen LogP contribution in [0.2, 0.25) is 0 Å². The highest BCUT2D eigenvalue weighted by Crippen LogP contribution is 2.34. The van der Waals surface area contributed by atoms with Gasteiger partial charge in [-0.05, 0) is 68.7 Å². The third kappa shape index (κ3) is 3.21. The number of benzene rings is 2. The zero-order chi connectivity index (χ0) is 16.4. The van der Waals surface area contributed by atoms with Crippen molar-refractivity contribution < 1.29 is 9.18 Å². The van der Waals surface area contributed by atoms with Crippen molar-refractivity contribution in [2.45, 2.75) is 32.7 Å². The summed E-state index contributed by atoms with van der Waals surface area (Å²) >= 11 is 0. The average molecular weight is 312 g/mol. The van der Waals surface area contributed by atoms with Crippen LogP contribution in [-0.2, 0) is 6.42 Å². The zero-order valence-electron chi connectivity index (χ0n) is 13.5. The molecule has 1 amide bonds. The predicted molar refractivity (Wildman–Crippen MR) is 91.6 cm³/mol. The summed E-state index contributed by atoms with van der Waals surface area (Å²) in [4.78, 5) is 14.7. The minimum atomic E-state index is -0.341. The van der Waals surface area contributed by atoms with Gasteiger partial charge in [0, 0.05) is 29.5 Å². The Morgan fingerprint density at radius 1 is 1.17 bits per heavy atom. The first kappa shape index (κ1) is 15.5. The van der Waals surface area contributed by atoms with E-state index in [2.05, 4.69) is 30.1 Å². The van der Waals surface area contributed by atoms with Crippen molar-refractivity contribution in [2.75, 3.05) is 16.8 Å². The van der Waals surface area contributed by atoms with E-state index in [0.29, 0.717) is 11.6 Å². The predicted octanol–water partition coefficient (Wildman–Crippen LogP) is 4.24. The van der Waals surface area contributed by atoms with Crippen LogP contribution in [0.25, 0.3) is 0 Å². The first-order valence-corrected chi connectivity index (χ1v) is 8.01. The second-order valence-corrected chi connectivity index (χ2v) is 6.15. The van der Waals surface area contributed by atoms with Gasteiger partial charge < -0.3 is 10.2 Å². The largest absolute Gasteiger partial charge is 0.369 e. The molecular formula is C19H21FN2O. The second kappa shape index (κ2) is 6.41. The molecule has 0 atom stereocenters. The third-order valence-corrected chi connectivity index (χ3v) is 4.26. The third-order valence-electron chi connectivity index (χ3n) is 4.26. The van der Waals surface area contributed by atoms with E-state index in [-0.39, 0.29) is 11.7 Å². The van der Waals surface area contributed by atoms with Crippen molar-refractivity contribution in [2.24, 2.45) is 0 Å². The number of anilines is 2. The summed E-state index contributed by atoms with van der Waals surface area (Å²) in [6, 6.07) is 12.1. The molecule has 3 rings (SSSR count). The van der Waals surface area contributed by atoms with Crippen LogP contribution in [-0.4, -0.2) is 18.5 Å². The number of hydrogen-bond acceptors (Lipinski definition) is 2. The fraction of sp³-hybridized carbons (Fsp3) is 0.316. The van der Waals surface area contributed by atoms with E-state index in [1.165, 1.54) is 35.5 Å². The molecule has 0 bridgehead atoms. The number of amides is 1. The van der Waals surface area contributed by atoms with Crippen LogP contribution >= 0.6 is 0 Å². The van der Waals surface area contributed by atoms with Crippen LogP contribution in [0.1, 0.15) is 36.2 Å². The maximum absolute atomic E-state index is 13.0. The Labute approximate surface area is 136 Å². The molecule has 1 N–H and O–H groups in total. The average Bonchev–Trinajstić information content (AvgIpc) is 2.55. The summed E-state index contributed by atoms with van der Waals surface area (Å²) in [5, 5.41) is 2.98. The lowest BCUT2D eigenvalue weighted by Crippen LogP contribution is -2.35. The lowest BCUT2D eigenvalue weighted by Gasteiger charge is -2.35. The summed E-state index contributed by atoms with van der Waals surface area (Å²) < 4.78 is 13.0. The molecule has 1 aliphatic rings. The Kier molecular flexibility index (Phi) is 4.33. The molecule has 1 aliphatic heterocycles. The maximum atomic E-state index is 13.0. The zero-order valence-corrected chi connectivity index (χ0v) is 13.5. The quantitative estimate of drug-likeness (QED) is 0.919. The summed E-state index contributed by atoms with van der Waals surface area (Å²) in [6.07, 6.45) is 2.03. The van der Waals surface area contributed by atoms with Crippen molar-refractivity contribution in [1.29, 1.82) is 0 Å². The SMILES string of the molecule is CC(C)N1CCCc2c(NC(=O)c3ccc(F)cc3)cccc21. The van der Waals surface area contributed by atoms with Gasteiger partial charge in [-0.3, -0.25) is 4.79 Å². The van der Waals surface area contributed by atoms with E-state index in [1.54, 1.807) is 0 Å². The number of hydrogen-bond donors (Lipinski definition) is 1. The number of rotatable bonds is 3. The van der Waals surface area contributed by atoms with Crippen LogP contribution in [0.3, 0.4) is 0 Å². The smallest absolute Gasteiger partial charge is 0.255 e. The fourth-order valence-corrected chi connectivity index (χ4v) is 3.10. The van der Waals surface area contributed by atoms with Gasteiger partial charge in [0.2, 0.25) is 0 Å². The van der Waals surface area contributed by atoms with Crippen molar-refractivity contribution in [3.8, 4) is 0 Å². The first-order valence-electron chi connectivity index (χ1n) is 8.01. The van der Waals surface area contributed by atoms with Gasteiger partial charge in [0.1, 0.15) is 5.82 Å². The Hall–Kier alpha value is -2.36. The molecule has 0 fully saturated rings. The molecule has 120 valence electrons. The molecule has 0 aliphatic carbocycles. The van der Waals surface area contributed by atoms with Gasteiger partial charge in [-0.15, -0.1) is 0 Å². The van der Waals surface area contributed by atoms with E-state index >= 15 is 0 Å². The standard InChI is InChI=1S/C19H21FN2O/c1-13(2)22-12-4-5-16-17(6-3-7-18(16)22)21-19(23)14-8-10-15(20)11-9-14/h3,6-11,13H,4-5,12H2,1-2H3,(H,21,23). The van der Waals surface area contributed by atoms with Gasteiger partial charge in [0.05, 0.1) is 0 Å². The molecule has 23 heavy (non-hydrogen) atoms. The maximum Gasteiger partial charge on any atom is 0.255 e. The molecule has 0 spiro atoms. The van der Waals surface area contributed by atoms with Gasteiger partial charge in [-0.1, -0.05) is 6.07 Å². The molecule has 2 aromatic carbocycles. The minimum absolute atomic E-state index is 0.208. The topological polar surface area (TPSA) is 32.3 Å². The molecule has 2 aromatic rings. The number of nitrogens with one attached hydrogen (secondary N) is 1. The lowest BCUT2D eigenvalue weighted by atomic mass is 9.98. The van der Waals surface area contributed by atoms with E-state index in [4.69, 9.17) is 0 Å². The van der Waals surface area contributed by atoms with E-state index in [0.717, 1.165) is 25.1 Å². The molecule has 4 heteroatoms. The van der Waals surface area contributed by atoms with Crippen molar-refractivity contribution in [3.63, 3.8) is 0 Å². The fourth-order valence-electron chi connectivity index (χ4n) is 3.10. The Morgan fingerprint density at radius 3 is 2.61 bits per heavy atom. The molecule has 0 unspecified atom stereocenters.